The fraction of sp³-hybridized carbons (Fsp3) is 0.344. The number of hydrogen-bond acceptors (Lipinski definition) is 3. The van der Waals surface area contributed by atoms with E-state index in [1.165, 1.54) is 11.1 Å². The third-order valence-electron chi connectivity index (χ3n) is 8.47. The number of amides is 1. The van der Waals surface area contributed by atoms with Crippen molar-refractivity contribution in [3.63, 3.8) is 0 Å². The van der Waals surface area contributed by atoms with Crippen LogP contribution >= 0.6 is 11.3 Å². The van der Waals surface area contributed by atoms with Gasteiger partial charge in [-0.2, -0.15) is 11.3 Å². The van der Waals surface area contributed by atoms with Crippen LogP contribution in [0.1, 0.15) is 46.2 Å². The molecule has 6 heteroatoms. The molecule has 4 heterocycles. The molecular formula is C32H34FN3OS. The second-order valence-electron chi connectivity index (χ2n) is 10.8. The summed E-state index contributed by atoms with van der Waals surface area (Å²) in [5, 5.41) is 5.49. The van der Waals surface area contributed by atoms with Crippen LogP contribution < -0.4 is 0 Å². The largest absolute Gasteiger partial charge is 0.343 e. The van der Waals surface area contributed by atoms with Crippen LogP contribution in [0, 0.1) is 11.7 Å². The van der Waals surface area contributed by atoms with E-state index in [0.29, 0.717) is 24.3 Å². The molecule has 2 saturated heterocycles. The third kappa shape index (κ3) is 4.95. The number of benzene rings is 2. The van der Waals surface area contributed by atoms with Crippen LogP contribution in [0.2, 0.25) is 0 Å². The first-order valence-electron chi connectivity index (χ1n) is 13.6. The van der Waals surface area contributed by atoms with E-state index >= 15 is 0 Å². The van der Waals surface area contributed by atoms with E-state index in [9.17, 15) is 9.18 Å². The SMILES string of the molecule is C=CCn1ccc2cccc(C(=O)N3C[C@@H](CN4CCC(c5ccc(F)cc5)CC4)[C@H](c4ccsc4)C3)c21. The maximum Gasteiger partial charge on any atom is 0.256 e. The lowest BCUT2D eigenvalue weighted by Gasteiger charge is -2.34. The van der Waals surface area contributed by atoms with E-state index in [-0.39, 0.29) is 11.7 Å². The summed E-state index contributed by atoms with van der Waals surface area (Å²) in [4.78, 5) is 18.6. The van der Waals surface area contributed by atoms with Gasteiger partial charge < -0.3 is 14.4 Å². The molecule has 2 aliphatic heterocycles. The summed E-state index contributed by atoms with van der Waals surface area (Å²) >= 11 is 1.73. The van der Waals surface area contributed by atoms with Gasteiger partial charge in [-0.3, -0.25) is 4.79 Å². The van der Waals surface area contributed by atoms with Gasteiger partial charge in [-0.25, -0.2) is 4.39 Å². The molecule has 2 aliphatic rings. The minimum atomic E-state index is -0.170. The van der Waals surface area contributed by atoms with Crippen molar-refractivity contribution in [3.8, 4) is 0 Å². The summed E-state index contributed by atoms with van der Waals surface area (Å²) in [5.41, 5.74) is 4.37. The highest BCUT2D eigenvalue weighted by molar-refractivity contribution is 7.08. The van der Waals surface area contributed by atoms with Gasteiger partial charge in [-0.15, -0.1) is 6.58 Å². The molecule has 4 aromatic rings. The Morgan fingerprint density at radius 2 is 1.84 bits per heavy atom. The zero-order valence-electron chi connectivity index (χ0n) is 21.6. The minimum absolute atomic E-state index is 0.123. The highest BCUT2D eigenvalue weighted by Crippen LogP contribution is 2.37. The number of carbonyl (C=O) groups is 1. The summed E-state index contributed by atoms with van der Waals surface area (Å²) in [5.74, 6) is 1.19. The summed E-state index contributed by atoms with van der Waals surface area (Å²) in [6.45, 7) is 9.17. The first-order chi connectivity index (χ1) is 18.6. The summed E-state index contributed by atoms with van der Waals surface area (Å²) in [6.07, 6.45) is 6.09. The number of likely N-dealkylation sites (tertiary alicyclic amines) is 2. The lowest BCUT2D eigenvalue weighted by atomic mass is 9.87. The second-order valence-corrected chi connectivity index (χ2v) is 11.5. The number of thiophene rings is 1. The van der Waals surface area contributed by atoms with Crippen LogP contribution in [0.25, 0.3) is 10.9 Å². The third-order valence-corrected chi connectivity index (χ3v) is 9.17. The van der Waals surface area contributed by atoms with E-state index in [2.05, 4.69) is 49.9 Å². The number of rotatable bonds is 7. The standard InChI is InChI=1S/C32H34FN3OS/c1-2-14-35-17-12-25-4-3-5-29(31(25)35)32(37)36-20-27(30(21-36)26-13-18-38-22-26)19-34-15-10-24(11-16-34)23-6-8-28(33)9-7-23/h2-9,12-13,17-18,22,24,27,30H,1,10-11,14-16,19-21H2/t27-,30+/m1/s1. The van der Waals surface area contributed by atoms with Crippen molar-refractivity contribution in [3.05, 3.63) is 107 Å². The molecule has 0 bridgehead atoms. The molecule has 196 valence electrons. The molecule has 38 heavy (non-hydrogen) atoms. The summed E-state index contributed by atoms with van der Waals surface area (Å²) in [6, 6.07) is 17.4. The lowest BCUT2D eigenvalue weighted by molar-refractivity contribution is 0.0783. The highest BCUT2D eigenvalue weighted by atomic mass is 32.1. The molecule has 0 unspecified atom stereocenters. The predicted octanol–water partition coefficient (Wildman–Crippen LogP) is 6.76. The Bertz CT molecular complexity index is 1400. The van der Waals surface area contributed by atoms with Gasteiger partial charge in [0.25, 0.3) is 5.91 Å². The molecule has 6 rings (SSSR count). The van der Waals surface area contributed by atoms with Crippen molar-refractivity contribution in [2.75, 3.05) is 32.7 Å². The van der Waals surface area contributed by atoms with E-state index < -0.39 is 0 Å². The lowest BCUT2D eigenvalue weighted by Crippen LogP contribution is -2.38. The van der Waals surface area contributed by atoms with E-state index in [1.54, 1.807) is 23.5 Å². The fourth-order valence-corrected chi connectivity index (χ4v) is 7.22. The normalized spacial score (nSPS) is 20.8. The molecule has 0 aliphatic carbocycles. The maximum absolute atomic E-state index is 13.9. The average Bonchev–Trinajstić information content (AvgIpc) is 3.70. The van der Waals surface area contributed by atoms with Crippen LogP contribution in [0.5, 0.6) is 0 Å². The Morgan fingerprint density at radius 1 is 1.03 bits per heavy atom. The van der Waals surface area contributed by atoms with E-state index in [1.807, 2.05) is 36.5 Å². The Morgan fingerprint density at radius 3 is 2.58 bits per heavy atom. The van der Waals surface area contributed by atoms with Gasteiger partial charge in [0, 0.05) is 43.7 Å². The zero-order valence-corrected chi connectivity index (χ0v) is 22.5. The molecule has 0 spiro atoms. The topological polar surface area (TPSA) is 28.5 Å². The van der Waals surface area contributed by atoms with Crippen LogP contribution in [0.4, 0.5) is 4.39 Å². The summed E-state index contributed by atoms with van der Waals surface area (Å²) < 4.78 is 15.5. The summed E-state index contributed by atoms with van der Waals surface area (Å²) in [7, 11) is 0. The molecular weight excluding hydrogens is 493 g/mol. The number of aromatic nitrogens is 1. The van der Waals surface area contributed by atoms with Crippen LogP contribution in [0.15, 0.2) is 84.2 Å². The van der Waals surface area contributed by atoms with Gasteiger partial charge in [-0.05, 0) is 90.0 Å². The second kappa shape index (κ2) is 10.9. The number of carbonyl (C=O) groups excluding carboxylic acids is 1. The van der Waals surface area contributed by atoms with E-state index in [0.717, 1.165) is 62.0 Å². The molecule has 0 radical (unpaired) electrons. The van der Waals surface area contributed by atoms with Gasteiger partial charge in [0.15, 0.2) is 0 Å². The quantitative estimate of drug-likeness (QED) is 0.248. The van der Waals surface area contributed by atoms with Gasteiger partial charge >= 0.3 is 0 Å². The molecule has 0 N–H and O–H groups in total. The molecule has 1 amide bonds. The number of halogens is 1. The predicted molar refractivity (Wildman–Crippen MR) is 153 cm³/mol. The fourth-order valence-electron chi connectivity index (χ4n) is 6.50. The smallest absolute Gasteiger partial charge is 0.256 e. The Balaban J connectivity index is 1.18. The van der Waals surface area contributed by atoms with Gasteiger partial charge in [0.2, 0.25) is 0 Å². The molecule has 4 nitrogen and oxygen atoms in total. The monoisotopic (exact) mass is 527 g/mol. The minimum Gasteiger partial charge on any atom is -0.343 e. The first kappa shape index (κ1) is 25.1. The Labute approximate surface area is 228 Å². The molecule has 2 aromatic heterocycles. The van der Waals surface area contributed by atoms with Crippen LogP contribution in [-0.4, -0.2) is 53.0 Å². The average molecular weight is 528 g/mol. The maximum atomic E-state index is 13.9. The van der Waals surface area contributed by atoms with Gasteiger partial charge in [-0.1, -0.05) is 30.3 Å². The number of fused-ring (bicyclic) bond motifs is 1. The molecule has 2 aromatic carbocycles. The van der Waals surface area contributed by atoms with Crippen molar-refractivity contribution in [2.24, 2.45) is 5.92 Å². The van der Waals surface area contributed by atoms with Crippen molar-refractivity contribution >= 4 is 28.1 Å². The highest BCUT2D eigenvalue weighted by Gasteiger charge is 2.38. The van der Waals surface area contributed by atoms with E-state index in [4.69, 9.17) is 0 Å². The van der Waals surface area contributed by atoms with Crippen molar-refractivity contribution in [2.45, 2.75) is 31.2 Å². The molecule has 2 fully saturated rings. The number of nitrogens with zero attached hydrogens (tertiary/aromatic N) is 3. The van der Waals surface area contributed by atoms with Crippen molar-refractivity contribution in [1.29, 1.82) is 0 Å². The van der Waals surface area contributed by atoms with Crippen LogP contribution in [0.3, 0.4) is 0 Å². The Kier molecular flexibility index (Phi) is 7.18. The van der Waals surface area contributed by atoms with Crippen molar-refractivity contribution < 1.29 is 9.18 Å². The molecule has 0 saturated carbocycles. The van der Waals surface area contributed by atoms with Gasteiger partial charge in [0.05, 0.1) is 11.1 Å². The van der Waals surface area contributed by atoms with Gasteiger partial charge in [0.1, 0.15) is 5.82 Å². The first-order valence-corrected chi connectivity index (χ1v) is 14.5. The van der Waals surface area contributed by atoms with Crippen molar-refractivity contribution in [1.82, 2.24) is 14.4 Å². The zero-order chi connectivity index (χ0) is 26.1. The number of piperidine rings is 1. The number of allylic oxidation sites excluding steroid dienone is 1. The Hall–Kier alpha value is -3.22. The molecule has 2 atom stereocenters. The van der Waals surface area contributed by atoms with Crippen LogP contribution in [-0.2, 0) is 6.54 Å². The number of hydrogen-bond donors (Lipinski definition) is 0. The number of para-hydroxylation sites is 1.